The maximum atomic E-state index is 13.9. The zero-order valence-electron chi connectivity index (χ0n) is 20.9. The highest BCUT2D eigenvalue weighted by Gasteiger charge is 2.61. The lowest BCUT2D eigenvalue weighted by Gasteiger charge is -2.38. The van der Waals surface area contributed by atoms with Crippen molar-refractivity contribution in [2.24, 2.45) is 11.8 Å². The van der Waals surface area contributed by atoms with E-state index in [1.54, 1.807) is 12.1 Å². The molecule has 1 aromatic rings. The van der Waals surface area contributed by atoms with Gasteiger partial charge in [0.25, 0.3) is 5.91 Å². The summed E-state index contributed by atoms with van der Waals surface area (Å²) in [6.45, 7) is 10.0. The van der Waals surface area contributed by atoms with Crippen molar-refractivity contribution in [3.05, 3.63) is 29.3 Å². The third kappa shape index (κ3) is 5.16. The number of hydrogen-bond acceptors (Lipinski definition) is 6. The molecule has 0 aliphatic carbocycles. The number of carbonyl (C=O) groups is 3. The van der Waals surface area contributed by atoms with Gasteiger partial charge >= 0.3 is 11.9 Å². The minimum absolute atomic E-state index is 0.0335. The minimum atomic E-state index is -1.57. The molecule has 1 amide bonds. The molecule has 0 unspecified atom stereocenters. The Morgan fingerprint density at radius 3 is 2.27 bits per heavy atom. The van der Waals surface area contributed by atoms with Crippen LogP contribution >= 0.6 is 0 Å². The maximum Gasteiger partial charge on any atom is 0.329 e. The molecule has 1 N–H and O–H groups in total. The Kier molecular flexibility index (Phi) is 8.17. The van der Waals surface area contributed by atoms with E-state index < -0.39 is 35.3 Å². The summed E-state index contributed by atoms with van der Waals surface area (Å²) in [5, 5.41) is 10.4. The first-order valence-electron chi connectivity index (χ1n) is 11.2. The summed E-state index contributed by atoms with van der Waals surface area (Å²) in [6.07, 6.45) is 0.288. The van der Waals surface area contributed by atoms with Crippen LogP contribution in [0.5, 0.6) is 5.75 Å². The molecule has 0 radical (unpaired) electrons. The zero-order chi connectivity index (χ0) is 25.1. The molecule has 1 aliphatic rings. The first-order valence-corrected chi connectivity index (χ1v) is 11.2. The van der Waals surface area contributed by atoms with Gasteiger partial charge in [0, 0.05) is 18.6 Å². The second kappa shape index (κ2) is 10.1. The number of ether oxygens (including phenoxy) is 3. The Labute approximate surface area is 196 Å². The second-order valence-corrected chi connectivity index (χ2v) is 10.2. The van der Waals surface area contributed by atoms with E-state index in [0.717, 1.165) is 5.56 Å². The summed E-state index contributed by atoms with van der Waals surface area (Å²) < 4.78 is 15.8. The number of hydrogen-bond donors (Lipinski definition) is 1. The van der Waals surface area contributed by atoms with E-state index in [1.165, 1.54) is 26.2 Å². The molecular formula is C25H37NO7. The summed E-state index contributed by atoms with van der Waals surface area (Å²) >= 11 is 0. The van der Waals surface area contributed by atoms with Crippen LogP contribution in [0.4, 0.5) is 0 Å². The van der Waals surface area contributed by atoms with Crippen LogP contribution in [0.2, 0.25) is 0 Å². The summed E-state index contributed by atoms with van der Waals surface area (Å²) in [6, 6.07) is 4.01. The molecule has 3 atom stereocenters. The molecule has 184 valence electrons. The van der Waals surface area contributed by atoms with E-state index in [9.17, 15) is 19.5 Å². The van der Waals surface area contributed by atoms with E-state index >= 15 is 0 Å². The summed E-state index contributed by atoms with van der Waals surface area (Å²) in [5.41, 5.74) is -0.623. The van der Waals surface area contributed by atoms with Crippen LogP contribution in [0.25, 0.3) is 0 Å². The Balaban J connectivity index is 2.71. The smallest absolute Gasteiger partial charge is 0.329 e. The van der Waals surface area contributed by atoms with Crippen LogP contribution in [-0.4, -0.2) is 67.4 Å². The summed E-state index contributed by atoms with van der Waals surface area (Å²) in [5.74, 6) is -2.37. The molecule has 0 spiro atoms. The van der Waals surface area contributed by atoms with Gasteiger partial charge in [-0.1, -0.05) is 40.7 Å². The zero-order valence-corrected chi connectivity index (χ0v) is 20.9. The Bertz CT molecular complexity index is 889. The van der Waals surface area contributed by atoms with Gasteiger partial charge in [-0.2, -0.15) is 0 Å². The first kappa shape index (κ1) is 26.6. The van der Waals surface area contributed by atoms with E-state index in [2.05, 4.69) is 0 Å². The third-order valence-corrected chi connectivity index (χ3v) is 6.23. The van der Waals surface area contributed by atoms with E-state index in [1.807, 2.05) is 40.7 Å². The third-order valence-electron chi connectivity index (χ3n) is 6.23. The molecule has 1 aliphatic heterocycles. The number of carboxylic acid groups (broad SMARTS) is 1. The van der Waals surface area contributed by atoms with E-state index in [-0.39, 0.29) is 36.3 Å². The van der Waals surface area contributed by atoms with Crippen molar-refractivity contribution in [2.75, 3.05) is 27.9 Å². The molecule has 1 fully saturated rings. The van der Waals surface area contributed by atoms with Crippen molar-refractivity contribution in [1.82, 2.24) is 4.90 Å². The first-order chi connectivity index (χ1) is 15.3. The number of amides is 1. The summed E-state index contributed by atoms with van der Waals surface area (Å²) in [7, 11) is 4.25. The van der Waals surface area contributed by atoms with Gasteiger partial charge in [-0.05, 0) is 41.9 Å². The van der Waals surface area contributed by atoms with Crippen LogP contribution in [0.1, 0.15) is 63.4 Å². The fourth-order valence-corrected chi connectivity index (χ4v) is 4.94. The number of benzene rings is 1. The molecule has 8 nitrogen and oxygen atoms in total. The van der Waals surface area contributed by atoms with Gasteiger partial charge < -0.3 is 24.2 Å². The number of methoxy groups -OCH3 is 3. The average molecular weight is 464 g/mol. The molecule has 1 aromatic carbocycles. The average Bonchev–Trinajstić information content (AvgIpc) is 3.05. The van der Waals surface area contributed by atoms with E-state index in [4.69, 9.17) is 14.2 Å². The lowest BCUT2D eigenvalue weighted by molar-refractivity contribution is -0.154. The predicted molar refractivity (Wildman–Crippen MR) is 123 cm³/mol. The number of esters is 1. The quantitative estimate of drug-likeness (QED) is 0.589. The topological polar surface area (TPSA) is 102 Å². The Hall–Kier alpha value is -2.61. The standard InChI is InChI=1S/C25H37NO7/c1-15(2)12-25(23(29)30)13-17(14-31-6)20(22(28)33-8)26(25)21(27)16-9-10-18(24(3,4)5)19(11-16)32-7/h9-11,15,17,20H,12-14H2,1-8H3,(H,29,30)/t17-,20-,25+/m1/s1. The van der Waals surface area contributed by atoms with Crippen molar-refractivity contribution in [3.63, 3.8) is 0 Å². The molecular weight excluding hydrogens is 426 g/mol. The van der Waals surface area contributed by atoms with Gasteiger partial charge in [0.15, 0.2) is 0 Å². The molecule has 2 rings (SSSR count). The van der Waals surface area contributed by atoms with Crippen molar-refractivity contribution >= 4 is 17.8 Å². The van der Waals surface area contributed by atoms with Crippen molar-refractivity contribution in [2.45, 2.75) is 64.5 Å². The second-order valence-electron chi connectivity index (χ2n) is 10.2. The van der Waals surface area contributed by atoms with Gasteiger partial charge in [0.1, 0.15) is 17.3 Å². The SMILES string of the molecule is COC[C@H]1C[C@@](CC(C)C)(C(=O)O)N(C(=O)c2ccc(C(C)(C)C)c(OC)c2)[C@H]1C(=O)OC. The lowest BCUT2D eigenvalue weighted by Crippen LogP contribution is -2.58. The summed E-state index contributed by atoms with van der Waals surface area (Å²) in [4.78, 5) is 40.7. The van der Waals surface area contributed by atoms with Crippen LogP contribution in [-0.2, 0) is 24.5 Å². The normalized spacial score (nSPS) is 23.0. The molecule has 8 heteroatoms. The number of nitrogens with zero attached hydrogens (tertiary/aromatic N) is 1. The van der Waals surface area contributed by atoms with Crippen LogP contribution in [0, 0.1) is 11.8 Å². The van der Waals surface area contributed by atoms with Gasteiger partial charge in [-0.25, -0.2) is 9.59 Å². The maximum absolute atomic E-state index is 13.9. The highest BCUT2D eigenvalue weighted by atomic mass is 16.5. The predicted octanol–water partition coefficient (Wildman–Crippen LogP) is 3.51. The van der Waals surface area contributed by atoms with E-state index in [0.29, 0.717) is 5.75 Å². The molecule has 1 saturated heterocycles. The van der Waals surface area contributed by atoms with Gasteiger partial charge in [0.2, 0.25) is 0 Å². The van der Waals surface area contributed by atoms with Crippen LogP contribution < -0.4 is 4.74 Å². The molecule has 33 heavy (non-hydrogen) atoms. The number of carbonyl (C=O) groups excluding carboxylic acids is 2. The molecule has 0 aromatic heterocycles. The van der Waals surface area contributed by atoms with Gasteiger partial charge in [0.05, 0.1) is 20.8 Å². The number of likely N-dealkylation sites (tertiary alicyclic amines) is 1. The molecule has 0 bridgehead atoms. The fraction of sp³-hybridized carbons (Fsp3) is 0.640. The minimum Gasteiger partial charge on any atom is -0.496 e. The van der Waals surface area contributed by atoms with Crippen molar-refractivity contribution in [3.8, 4) is 5.75 Å². The monoisotopic (exact) mass is 463 g/mol. The highest BCUT2D eigenvalue weighted by Crippen LogP contribution is 2.44. The Morgan fingerprint density at radius 2 is 1.82 bits per heavy atom. The number of rotatable bonds is 8. The fourth-order valence-electron chi connectivity index (χ4n) is 4.94. The molecule has 1 heterocycles. The number of carboxylic acids is 1. The van der Waals surface area contributed by atoms with Crippen LogP contribution in [0.3, 0.4) is 0 Å². The van der Waals surface area contributed by atoms with Crippen molar-refractivity contribution in [1.29, 1.82) is 0 Å². The Morgan fingerprint density at radius 1 is 1.18 bits per heavy atom. The van der Waals surface area contributed by atoms with Gasteiger partial charge in [-0.15, -0.1) is 0 Å². The van der Waals surface area contributed by atoms with Crippen LogP contribution in [0.15, 0.2) is 18.2 Å². The lowest BCUT2D eigenvalue weighted by atomic mass is 9.83. The number of aliphatic carboxylic acids is 1. The molecule has 0 saturated carbocycles. The van der Waals surface area contributed by atoms with Gasteiger partial charge in [-0.3, -0.25) is 4.79 Å². The highest BCUT2D eigenvalue weighted by molar-refractivity contribution is 6.01. The van der Waals surface area contributed by atoms with Crippen molar-refractivity contribution < 1.29 is 33.7 Å². The largest absolute Gasteiger partial charge is 0.496 e.